The van der Waals surface area contributed by atoms with Gasteiger partial charge >= 0.3 is 5.97 Å². The maximum Gasteiger partial charge on any atom is 0.356 e. The Morgan fingerprint density at radius 1 is 1.05 bits per heavy atom. The SMILES string of the molecule is Cc1cc([C@@H](C)Nc2ccc(Cl)nc2C(=O)O)c2nc(C34CC5(F)CC(F)(CC(F)(C5)C3)C4)n(C)c(=O)c2c1. The van der Waals surface area contributed by atoms with Crippen LogP contribution in [-0.2, 0) is 12.5 Å². The summed E-state index contributed by atoms with van der Waals surface area (Å²) in [6.07, 6.45) is -1.26. The van der Waals surface area contributed by atoms with Gasteiger partial charge in [0.15, 0.2) is 5.69 Å². The van der Waals surface area contributed by atoms with E-state index in [0.717, 1.165) is 5.56 Å². The number of halogens is 4. The molecule has 0 aliphatic heterocycles. The van der Waals surface area contributed by atoms with Gasteiger partial charge in [0, 0.05) is 37.3 Å². The van der Waals surface area contributed by atoms with Crippen molar-refractivity contribution in [1.29, 1.82) is 0 Å². The Bertz CT molecular complexity index is 1570. The number of hydrogen-bond donors (Lipinski definition) is 2. The number of carboxylic acids is 1. The Morgan fingerprint density at radius 3 is 2.21 bits per heavy atom. The van der Waals surface area contributed by atoms with Gasteiger partial charge in [-0.2, -0.15) is 0 Å². The van der Waals surface area contributed by atoms with E-state index in [1.165, 1.54) is 23.7 Å². The molecule has 1 atom stereocenters. The smallest absolute Gasteiger partial charge is 0.356 e. The minimum Gasteiger partial charge on any atom is -0.476 e. The summed E-state index contributed by atoms with van der Waals surface area (Å²) < 4.78 is 48.8. The summed E-state index contributed by atoms with van der Waals surface area (Å²) in [6, 6.07) is 5.93. The highest BCUT2D eigenvalue weighted by Crippen LogP contribution is 2.68. The average molecular weight is 561 g/mol. The van der Waals surface area contributed by atoms with Gasteiger partial charge in [-0.3, -0.25) is 9.36 Å². The predicted molar refractivity (Wildman–Crippen MR) is 141 cm³/mol. The molecule has 39 heavy (non-hydrogen) atoms. The van der Waals surface area contributed by atoms with Gasteiger partial charge in [-0.15, -0.1) is 0 Å². The first-order chi connectivity index (χ1) is 18.1. The van der Waals surface area contributed by atoms with Crippen molar-refractivity contribution in [3.05, 3.63) is 62.4 Å². The molecule has 4 saturated carbocycles. The van der Waals surface area contributed by atoms with E-state index in [-0.39, 0.29) is 60.9 Å². The van der Waals surface area contributed by atoms with Crippen LogP contribution in [0.5, 0.6) is 0 Å². The normalized spacial score (nSPS) is 32.0. The molecule has 2 N–H and O–H groups in total. The van der Waals surface area contributed by atoms with Crippen molar-refractivity contribution >= 4 is 34.2 Å². The third kappa shape index (κ3) is 4.10. The van der Waals surface area contributed by atoms with Crippen molar-refractivity contribution in [2.45, 2.75) is 80.8 Å². The number of nitrogens with one attached hydrogen (secondary N) is 1. The Balaban J connectivity index is 1.51. The van der Waals surface area contributed by atoms with E-state index in [2.05, 4.69) is 10.3 Å². The summed E-state index contributed by atoms with van der Waals surface area (Å²) >= 11 is 5.89. The number of hydrogen-bond acceptors (Lipinski definition) is 5. The Kier molecular flexibility index (Phi) is 5.48. The van der Waals surface area contributed by atoms with Crippen LogP contribution < -0.4 is 10.9 Å². The summed E-state index contributed by atoms with van der Waals surface area (Å²) in [5.41, 5.74) is -6.01. The van der Waals surface area contributed by atoms with Crippen LogP contribution in [0.4, 0.5) is 18.9 Å². The molecule has 4 fully saturated rings. The highest BCUT2D eigenvalue weighted by Gasteiger charge is 2.71. The number of anilines is 1. The number of carboxylic acid groups (broad SMARTS) is 1. The number of fused-ring (bicyclic) bond motifs is 1. The van der Waals surface area contributed by atoms with Gasteiger partial charge in [0.25, 0.3) is 5.56 Å². The molecular weight excluding hydrogens is 533 g/mol. The van der Waals surface area contributed by atoms with E-state index in [9.17, 15) is 14.7 Å². The Labute approximate surface area is 227 Å². The summed E-state index contributed by atoms with van der Waals surface area (Å²) in [5, 5.41) is 13.1. The molecule has 0 radical (unpaired) electrons. The minimum atomic E-state index is -2.00. The zero-order chi connectivity index (χ0) is 28.1. The first-order valence-corrected chi connectivity index (χ1v) is 13.3. The molecule has 7 nitrogen and oxygen atoms in total. The topological polar surface area (TPSA) is 97.1 Å². The van der Waals surface area contributed by atoms with Crippen LogP contribution in [0.25, 0.3) is 10.9 Å². The van der Waals surface area contributed by atoms with Gasteiger partial charge in [-0.1, -0.05) is 17.7 Å². The van der Waals surface area contributed by atoms with Crippen LogP contribution in [0.15, 0.2) is 29.1 Å². The van der Waals surface area contributed by atoms with Crippen molar-refractivity contribution in [3.8, 4) is 0 Å². The lowest BCUT2D eigenvalue weighted by Gasteiger charge is -2.62. The first-order valence-electron chi connectivity index (χ1n) is 12.9. The molecule has 7 rings (SSSR count). The van der Waals surface area contributed by atoms with Gasteiger partial charge in [-0.25, -0.2) is 27.9 Å². The molecule has 4 aliphatic carbocycles. The number of aromatic nitrogens is 3. The van der Waals surface area contributed by atoms with Crippen molar-refractivity contribution in [2.75, 3.05) is 5.32 Å². The van der Waals surface area contributed by atoms with Gasteiger partial charge < -0.3 is 10.4 Å². The fraction of sp³-hybridized carbons (Fsp3) is 0.500. The van der Waals surface area contributed by atoms with Crippen molar-refractivity contribution < 1.29 is 23.1 Å². The molecule has 0 unspecified atom stereocenters. The third-order valence-electron chi connectivity index (χ3n) is 8.60. The fourth-order valence-electron chi connectivity index (χ4n) is 7.89. The predicted octanol–water partition coefficient (Wildman–Crippen LogP) is 5.91. The lowest BCUT2D eigenvalue weighted by atomic mass is 9.46. The molecule has 4 aliphatic rings. The number of benzene rings is 1. The quantitative estimate of drug-likeness (QED) is 0.377. The molecule has 11 heteroatoms. The molecule has 0 spiro atoms. The molecule has 1 aromatic carbocycles. The second kappa shape index (κ2) is 8.19. The van der Waals surface area contributed by atoms with Gasteiger partial charge in [0.05, 0.1) is 22.6 Å². The maximum atomic E-state index is 15.8. The first kappa shape index (κ1) is 26.1. The molecular formula is C28H28ClF3N4O3. The number of aromatic carboxylic acids is 1. The molecule has 206 valence electrons. The van der Waals surface area contributed by atoms with Gasteiger partial charge in [-0.05, 0) is 56.9 Å². The van der Waals surface area contributed by atoms with Gasteiger partial charge in [0.2, 0.25) is 0 Å². The molecule has 4 bridgehead atoms. The number of alkyl halides is 3. The third-order valence-corrected chi connectivity index (χ3v) is 8.81. The highest BCUT2D eigenvalue weighted by atomic mass is 35.5. The van der Waals surface area contributed by atoms with Crippen LogP contribution in [0.1, 0.15) is 78.9 Å². The highest BCUT2D eigenvalue weighted by molar-refractivity contribution is 6.29. The van der Waals surface area contributed by atoms with Crippen LogP contribution in [0.3, 0.4) is 0 Å². The van der Waals surface area contributed by atoms with E-state index in [4.69, 9.17) is 16.6 Å². The van der Waals surface area contributed by atoms with E-state index in [1.54, 1.807) is 13.0 Å². The van der Waals surface area contributed by atoms with Gasteiger partial charge in [0.1, 0.15) is 28.0 Å². The zero-order valence-electron chi connectivity index (χ0n) is 21.7. The minimum absolute atomic E-state index is 0.0268. The van der Waals surface area contributed by atoms with Crippen molar-refractivity contribution in [2.24, 2.45) is 7.05 Å². The van der Waals surface area contributed by atoms with Crippen LogP contribution in [0, 0.1) is 6.92 Å². The largest absolute Gasteiger partial charge is 0.476 e. The molecule has 2 heterocycles. The summed E-state index contributed by atoms with van der Waals surface area (Å²) in [6.45, 7) is 3.60. The lowest BCUT2D eigenvalue weighted by Crippen LogP contribution is -2.67. The monoisotopic (exact) mass is 560 g/mol. The van der Waals surface area contributed by atoms with E-state index >= 15 is 13.2 Å². The fourth-order valence-corrected chi connectivity index (χ4v) is 8.04. The Hall–Kier alpha value is -3.14. The summed E-state index contributed by atoms with van der Waals surface area (Å²) in [4.78, 5) is 34.2. The second-order valence-corrected chi connectivity index (χ2v) is 12.4. The lowest BCUT2D eigenvalue weighted by molar-refractivity contribution is -0.194. The standard InChI is InChI=1S/C28H28ClF3N4O3/c1-14-6-16(15(2)33-18-4-5-19(29)34-21(18)23(38)39)20-17(7-14)22(37)36(3)24(35-20)25-8-26(30)11-27(31,9-25)13-28(32,10-25)12-26/h4-7,15,33H,8-13H2,1-3H3,(H,38,39)/t15-,25?,26?,27?,28?/m1/s1. The summed E-state index contributed by atoms with van der Waals surface area (Å²) in [7, 11) is 1.52. The van der Waals surface area contributed by atoms with E-state index in [1.807, 2.05) is 13.0 Å². The van der Waals surface area contributed by atoms with E-state index in [0.29, 0.717) is 16.5 Å². The van der Waals surface area contributed by atoms with Crippen LogP contribution >= 0.6 is 11.6 Å². The maximum absolute atomic E-state index is 15.8. The number of rotatable bonds is 5. The van der Waals surface area contributed by atoms with E-state index < -0.39 is 40.0 Å². The second-order valence-electron chi connectivity index (χ2n) is 12.0. The van der Waals surface area contributed by atoms with Crippen molar-refractivity contribution in [3.63, 3.8) is 0 Å². The number of pyridine rings is 1. The molecule has 0 saturated heterocycles. The average Bonchev–Trinajstić information content (AvgIpc) is 2.79. The Morgan fingerprint density at radius 2 is 1.64 bits per heavy atom. The molecule has 3 aromatic rings. The van der Waals surface area contributed by atoms with Crippen LogP contribution in [0.2, 0.25) is 5.15 Å². The number of nitrogens with zero attached hydrogens (tertiary/aromatic N) is 3. The van der Waals surface area contributed by atoms with Crippen molar-refractivity contribution in [1.82, 2.24) is 14.5 Å². The molecule has 0 amide bonds. The zero-order valence-corrected chi connectivity index (χ0v) is 22.5. The molecule has 2 aromatic heterocycles. The van der Waals surface area contributed by atoms with Crippen LogP contribution in [-0.4, -0.2) is 42.6 Å². The number of carbonyl (C=O) groups is 1. The number of aryl methyl sites for hydroxylation is 1. The summed E-state index contributed by atoms with van der Waals surface area (Å²) in [5.74, 6) is -1.08.